The second kappa shape index (κ2) is 18.4. The molecule has 6 heterocycles. The first-order valence-electron chi connectivity index (χ1n) is 24.7. The molecule has 0 aliphatic carbocycles. The summed E-state index contributed by atoms with van der Waals surface area (Å²) in [6.07, 6.45) is 4.19. The summed E-state index contributed by atoms with van der Waals surface area (Å²) in [5.41, 5.74) is 2.71. The van der Waals surface area contributed by atoms with Crippen LogP contribution in [-0.2, 0) is 14.0 Å². The lowest BCUT2D eigenvalue weighted by molar-refractivity contribution is 0.00578. The van der Waals surface area contributed by atoms with Crippen molar-refractivity contribution in [2.75, 3.05) is 37.8 Å². The zero-order valence-corrected chi connectivity index (χ0v) is 43.4. The standard InChI is InChI=1S/C52H70BF3N6O5Si/c1-32(2)68(33(3)4,34(5)6)25-20-38-41(55)19-18-35-26-36(53-66-50(10,11)51(12,13)67-53)27-39(42(35)38)44-43(56)45-40(29-57-44)46(61-23-15-14-16-24-62(61)48(63)65-49(7,8)9)59-47(58-45)64-31-52-21-17-22-60(52)30-37(54)28-52/h18-19,26-27,29,32-34,37H,14-17,21-24,28,30-31H2,1-13H3/t37-,52+/m1/s1. The Labute approximate surface area is 402 Å². The normalized spacial score (nSPS) is 22.1. The van der Waals surface area contributed by atoms with E-state index >= 15 is 8.78 Å². The number of hydrogen-bond donors (Lipinski definition) is 0. The van der Waals surface area contributed by atoms with E-state index in [2.05, 4.69) is 57.9 Å². The number of hydrogen-bond acceptors (Lipinski definition) is 10. The predicted octanol–water partition coefficient (Wildman–Crippen LogP) is 11.1. The van der Waals surface area contributed by atoms with Gasteiger partial charge in [-0.2, -0.15) is 9.97 Å². The smallest absolute Gasteiger partial charge is 0.461 e. The van der Waals surface area contributed by atoms with Gasteiger partial charge in [0.15, 0.2) is 11.6 Å². The third kappa shape index (κ3) is 9.10. The van der Waals surface area contributed by atoms with Crippen molar-refractivity contribution < 1.29 is 36.7 Å². The van der Waals surface area contributed by atoms with Gasteiger partial charge in [-0.1, -0.05) is 65.7 Å². The largest absolute Gasteiger partial charge is 0.494 e. The lowest BCUT2D eigenvalue weighted by Gasteiger charge is -2.38. The number of pyridine rings is 1. The number of benzene rings is 2. The van der Waals surface area contributed by atoms with Crippen molar-refractivity contribution in [2.45, 2.75) is 174 Å². The number of amides is 1. The molecular weight excluding hydrogens is 885 g/mol. The summed E-state index contributed by atoms with van der Waals surface area (Å²) in [6.45, 7) is 28.4. The van der Waals surface area contributed by atoms with E-state index in [0.717, 1.165) is 25.8 Å². The predicted molar refractivity (Wildman–Crippen MR) is 267 cm³/mol. The fourth-order valence-corrected chi connectivity index (χ4v) is 16.5. The Morgan fingerprint density at radius 1 is 0.941 bits per heavy atom. The van der Waals surface area contributed by atoms with Crippen molar-refractivity contribution in [2.24, 2.45) is 0 Å². The quantitative estimate of drug-likeness (QED) is 0.119. The van der Waals surface area contributed by atoms with Gasteiger partial charge in [-0.25, -0.2) is 23.0 Å². The molecule has 2 aromatic carbocycles. The zero-order chi connectivity index (χ0) is 49.3. The first-order valence-corrected chi connectivity index (χ1v) is 26.9. The average Bonchev–Trinajstić information content (AvgIpc) is 3.75. The minimum absolute atomic E-state index is 0.0957. The molecule has 366 valence electrons. The van der Waals surface area contributed by atoms with Gasteiger partial charge in [0.1, 0.15) is 43.5 Å². The summed E-state index contributed by atoms with van der Waals surface area (Å²) in [5.74, 6) is 2.27. The Hall–Kier alpha value is -4.43. The zero-order valence-electron chi connectivity index (χ0n) is 42.4. The van der Waals surface area contributed by atoms with Gasteiger partial charge >= 0.3 is 19.2 Å². The van der Waals surface area contributed by atoms with E-state index in [1.54, 1.807) is 17.1 Å². The monoisotopic (exact) mass is 955 g/mol. The lowest BCUT2D eigenvalue weighted by atomic mass is 9.76. The maximum atomic E-state index is 18.3. The molecule has 0 radical (unpaired) electrons. The average molecular weight is 955 g/mol. The van der Waals surface area contributed by atoms with E-state index < -0.39 is 61.4 Å². The van der Waals surface area contributed by atoms with Crippen LogP contribution in [0.3, 0.4) is 0 Å². The van der Waals surface area contributed by atoms with Crippen molar-refractivity contribution in [3.63, 3.8) is 0 Å². The first-order chi connectivity index (χ1) is 31.9. The van der Waals surface area contributed by atoms with Crippen LogP contribution in [0.1, 0.15) is 134 Å². The molecule has 4 aliphatic heterocycles. The molecule has 4 aliphatic rings. The summed E-state index contributed by atoms with van der Waals surface area (Å²) in [6, 6.07) is 6.64. The van der Waals surface area contributed by atoms with Crippen LogP contribution in [0, 0.1) is 23.1 Å². The van der Waals surface area contributed by atoms with E-state index in [0.29, 0.717) is 55.1 Å². The third-order valence-electron chi connectivity index (χ3n) is 15.4. The highest BCUT2D eigenvalue weighted by Gasteiger charge is 2.52. The summed E-state index contributed by atoms with van der Waals surface area (Å²) in [7, 11) is -3.21. The van der Waals surface area contributed by atoms with Gasteiger partial charge in [-0.3, -0.25) is 14.9 Å². The van der Waals surface area contributed by atoms with Crippen molar-refractivity contribution >= 4 is 54.2 Å². The van der Waals surface area contributed by atoms with E-state index in [4.69, 9.17) is 33.7 Å². The van der Waals surface area contributed by atoms with Gasteiger partial charge in [0.25, 0.3) is 0 Å². The van der Waals surface area contributed by atoms with E-state index in [1.165, 1.54) is 17.3 Å². The molecule has 0 spiro atoms. The number of nitrogens with zero attached hydrogens (tertiary/aromatic N) is 6. The van der Waals surface area contributed by atoms with Gasteiger partial charge in [-0.05, 0) is 121 Å². The Kier molecular flexibility index (Phi) is 13.5. The molecule has 8 rings (SSSR count). The molecule has 4 fully saturated rings. The maximum absolute atomic E-state index is 18.3. The molecule has 4 saturated heterocycles. The third-order valence-corrected chi connectivity index (χ3v) is 21.7. The Bertz CT molecular complexity index is 2610. The molecule has 2 atom stereocenters. The maximum Gasteiger partial charge on any atom is 0.494 e. The Morgan fingerprint density at radius 3 is 2.28 bits per heavy atom. The molecule has 11 nitrogen and oxygen atoms in total. The summed E-state index contributed by atoms with van der Waals surface area (Å²) in [4.78, 5) is 30.7. The van der Waals surface area contributed by atoms with E-state index in [-0.39, 0.29) is 62.8 Å². The van der Waals surface area contributed by atoms with Gasteiger partial charge in [0.2, 0.25) is 0 Å². The highest BCUT2D eigenvalue weighted by atomic mass is 28.3. The fraction of sp³-hybridized carbons (Fsp3) is 0.615. The number of carbonyl (C=O) groups is 1. The number of rotatable bonds is 9. The number of alkyl halides is 1. The van der Waals surface area contributed by atoms with Crippen molar-refractivity contribution in [1.29, 1.82) is 0 Å². The molecule has 68 heavy (non-hydrogen) atoms. The molecule has 16 heteroatoms. The molecule has 4 aromatic rings. The first kappa shape index (κ1) is 50.0. The Balaban J connectivity index is 1.37. The van der Waals surface area contributed by atoms with Crippen LogP contribution >= 0.6 is 0 Å². The van der Waals surface area contributed by atoms with Gasteiger partial charge in [0, 0.05) is 43.2 Å². The van der Waals surface area contributed by atoms with E-state index in [1.807, 2.05) is 54.5 Å². The second-order valence-corrected chi connectivity index (χ2v) is 28.1. The highest BCUT2D eigenvalue weighted by molar-refractivity contribution is 6.90. The molecule has 1 amide bonds. The lowest BCUT2D eigenvalue weighted by Crippen LogP contribution is -2.49. The number of anilines is 1. The van der Waals surface area contributed by atoms with Crippen molar-refractivity contribution in [3.8, 4) is 28.7 Å². The molecule has 2 aromatic heterocycles. The van der Waals surface area contributed by atoms with Crippen molar-refractivity contribution in [1.82, 2.24) is 24.9 Å². The van der Waals surface area contributed by atoms with Crippen LogP contribution in [0.5, 0.6) is 6.01 Å². The number of carbonyl (C=O) groups excluding carboxylic acids is 1. The van der Waals surface area contributed by atoms with Crippen LogP contribution in [-0.4, -0.2) is 107 Å². The number of ether oxygens (including phenoxy) is 2. The fourth-order valence-electron chi connectivity index (χ4n) is 11.3. The van der Waals surface area contributed by atoms with Crippen molar-refractivity contribution in [3.05, 3.63) is 47.7 Å². The summed E-state index contributed by atoms with van der Waals surface area (Å²) in [5, 5.41) is 4.48. The van der Waals surface area contributed by atoms with Crippen LogP contribution in [0.2, 0.25) is 16.6 Å². The minimum atomic E-state index is -2.37. The molecule has 0 N–H and O–H groups in total. The minimum Gasteiger partial charge on any atom is -0.461 e. The molecular formula is C52H70BF3N6O5Si. The molecule has 0 saturated carbocycles. The molecule has 0 bridgehead atoms. The van der Waals surface area contributed by atoms with Crippen LogP contribution < -0.4 is 15.2 Å². The number of halogens is 3. The number of fused-ring (bicyclic) bond motifs is 3. The summed E-state index contributed by atoms with van der Waals surface area (Å²) >= 11 is 0. The van der Waals surface area contributed by atoms with Crippen LogP contribution in [0.25, 0.3) is 32.9 Å². The highest BCUT2D eigenvalue weighted by Crippen LogP contribution is 2.44. The number of hydrazine groups is 1. The van der Waals surface area contributed by atoms with Crippen LogP contribution in [0.4, 0.5) is 23.8 Å². The van der Waals surface area contributed by atoms with Gasteiger partial charge in [0.05, 0.1) is 27.7 Å². The van der Waals surface area contributed by atoms with Gasteiger partial charge < -0.3 is 18.8 Å². The second-order valence-electron chi connectivity index (χ2n) is 22.5. The molecule has 0 unspecified atom stereocenters. The Morgan fingerprint density at radius 2 is 1.62 bits per heavy atom. The summed E-state index contributed by atoms with van der Waals surface area (Å²) < 4.78 is 75.4. The SMILES string of the molecule is CC(C)[Si](C#Cc1c(F)ccc2cc(B3OC(C)(C)C(C)(C)O3)cc(-c3ncc4c(N5CCCCCN5C(=O)OC(C)(C)C)nc(OC[C@@]56CCCN5C[C@H](F)C6)nc4c3F)c12)(C(C)C)C(C)C. The number of aromatic nitrogens is 3. The van der Waals surface area contributed by atoms with Gasteiger partial charge in [-0.15, -0.1) is 5.54 Å². The topological polar surface area (TPSA) is 102 Å². The van der Waals surface area contributed by atoms with E-state index in [9.17, 15) is 9.18 Å². The van der Waals surface area contributed by atoms with Crippen LogP contribution in [0.15, 0.2) is 30.5 Å².